The zero-order chi connectivity index (χ0) is 14.5. The summed E-state index contributed by atoms with van der Waals surface area (Å²) in [5.74, 6) is 1.01. The number of hydrogen-bond acceptors (Lipinski definition) is 4. The smallest absolute Gasteiger partial charge is 0.308 e. The standard InChI is InChI=1S/C16H17NO3/c1-11-4-5-16(20-12(2)18)13(8-11)9-14-10-15(19-3)6-7-17-14/h4-8,10H,9H2,1-3H3. The highest BCUT2D eigenvalue weighted by molar-refractivity contribution is 5.70. The Kier molecular flexibility index (Phi) is 4.35. The van der Waals surface area contributed by atoms with Gasteiger partial charge in [-0.3, -0.25) is 9.78 Å². The van der Waals surface area contributed by atoms with E-state index in [4.69, 9.17) is 9.47 Å². The van der Waals surface area contributed by atoms with Crippen molar-refractivity contribution in [2.45, 2.75) is 20.3 Å². The van der Waals surface area contributed by atoms with Crippen LogP contribution < -0.4 is 9.47 Å². The van der Waals surface area contributed by atoms with E-state index in [0.29, 0.717) is 12.2 Å². The third-order valence-corrected chi connectivity index (χ3v) is 2.86. The van der Waals surface area contributed by atoms with Gasteiger partial charge >= 0.3 is 5.97 Å². The molecule has 2 rings (SSSR count). The monoisotopic (exact) mass is 271 g/mol. The maximum absolute atomic E-state index is 11.1. The van der Waals surface area contributed by atoms with E-state index in [-0.39, 0.29) is 5.97 Å². The maximum Gasteiger partial charge on any atom is 0.308 e. The summed E-state index contributed by atoms with van der Waals surface area (Å²) in [6.07, 6.45) is 2.29. The molecule has 1 heterocycles. The van der Waals surface area contributed by atoms with Gasteiger partial charge in [-0.2, -0.15) is 0 Å². The van der Waals surface area contributed by atoms with E-state index < -0.39 is 0 Å². The molecular weight excluding hydrogens is 254 g/mol. The van der Waals surface area contributed by atoms with Crippen LogP contribution in [-0.2, 0) is 11.2 Å². The van der Waals surface area contributed by atoms with E-state index in [1.54, 1.807) is 19.4 Å². The van der Waals surface area contributed by atoms with Crippen LogP contribution in [0.15, 0.2) is 36.5 Å². The van der Waals surface area contributed by atoms with Gasteiger partial charge in [0.05, 0.1) is 7.11 Å². The number of carbonyl (C=O) groups excluding carboxylic acids is 1. The number of hydrogen-bond donors (Lipinski definition) is 0. The fraction of sp³-hybridized carbons (Fsp3) is 0.250. The minimum atomic E-state index is -0.325. The maximum atomic E-state index is 11.1. The normalized spacial score (nSPS) is 10.2. The van der Waals surface area contributed by atoms with Gasteiger partial charge in [-0.25, -0.2) is 0 Å². The van der Waals surface area contributed by atoms with Crippen LogP contribution in [0.1, 0.15) is 23.7 Å². The molecular formula is C16H17NO3. The molecule has 0 amide bonds. The fourth-order valence-electron chi connectivity index (χ4n) is 1.98. The number of aryl methyl sites for hydroxylation is 1. The fourth-order valence-corrected chi connectivity index (χ4v) is 1.98. The third kappa shape index (κ3) is 3.57. The van der Waals surface area contributed by atoms with E-state index in [9.17, 15) is 4.79 Å². The molecule has 20 heavy (non-hydrogen) atoms. The summed E-state index contributed by atoms with van der Waals surface area (Å²) in [5, 5.41) is 0. The molecule has 4 nitrogen and oxygen atoms in total. The van der Waals surface area contributed by atoms with E-state index in [2.05, 4.69) is 4.98 Å². The van der Waals surface area contributed by atoms with E-state index in [0.717, 1.165) is 22.6 Å². The highest BCUT2D eigenvalue weighted by Gasteiger charge is 2.09. The summed E-state index contributed by atoms with van der Waals surface area (Å²) < 4.78 is 10.4. The van der Waals surface area contributed by atoms with Gasteiger partial charge in [0.15, 0.2) is 0 Å². The second-order valence-electron chi connectivity index (χ2n) is 4.57. The van der Waals surface area contributed by atoms with E-state index in [1.165, 1.54) is 6.92 Å². The highest BCUT2D eigenvalue weighted by atomic mass is 16.5. The van der Waals surface area contributed by atoms with Crippen molar-refractivity contribution in [2.24, 2.45) is 0 Å². The number of esters is 1. The average Bonchev–Trinajstić information content (AvgIpc) is 2.42. The van der Waals surface area contributed by atoms with Crippen molar-refractivity contribution in [3.8, 4) is 11.5 Å². The molecule has 1 aromatic heterocycles. The van der Waals surface area contributed by atoms with Crippen molar-refractivity contribution in [3.05, 3.63) is 53.3 Å². The summed E-state index contributed by atoms with van der Waals surface area (Å²) in [6.45, 7) is 3.40. The summed E-state index contributed by atoms with van der Waals surface area (Å²) in [6, 6.07) is 9.40. The van der Waals surface area contributed by atoms with Crippen LogP contribution in [0.4, 0.5) is 0 Å². The molecule has 0 atom stereocenters. The van der Waals surface area contributed by atoms with Crippen molar-refractivity contribution in [2.75, 3.05) is 7.11 Å². The Balaban J connectivity index is 2.31. The summed E-state index contributed by atoms with van der Waals surface area (Å²) in [7, 11) is 1.62. The molecule has 0 fully saturated rings. The highest BCUT2D eigenvalue weighted by Crippen LogP contribution is 2.24. The molecule has 0 aliphatic rings. The number of ether oxygens (including phenoxy) is 2. The number of aromatic nitrogens is 1. The molecule has 0 bridgehead atoms. The first kappa shape index (κ1) is 14.1. The van der Waals surface area contributed by atoms with Crippen LogP contribution in [0.3, 0.4) is 0 Å². The van der Waals surface area contributed by atoms with Crippen LogP contribution in [0.5, 0.6) is 11.5 Å². The Morgan fingerprint density at radius 1 is 1.25 bits per heavy atom. The van der Waals surface area contributed by atoms with Crippen LogP contribution in [0.2, 0.25) is 0 Å². The zero-order valence-corrected chi connectivity index (χ0v) is 11.8. The van der Waals surface area contributed by atoms with Crippen molar-refractivity contribution in [1.29, 1.82) is 0 Å². The lowest BCUT2D eigenvalue weighted by Gasteiger charge is -2.10. The number of pyridine rings is 1. The van der Waals surface area contributed by atoms with Crippen LogP contribution in [0.25, 0.3) is 0 Å². The predicted molar refractivity (Wildman–Crippen MR) is 76.1 cm³/mol. The molecule has 0 aliphatic carbocycles. The van der Waals surface area contributed by atoms with Gasteiger partial charge in [-0.15, -0.1) is 0 Å². The molecule has 0 N–H and O–H groups in total. The molecule has 104 valence electrons. The Morgan fingerprint density at radius 2 is 2.05 bits per heavy atom. The molecule has 0 spiro atoms. The topological polar surface area (TPSA) is 48.4 Å². The molecule has 0 saturated heterocycles. The first-order valence-corrected chi connectivity index (χ1v) is 6.35. The summed E-state index contributed by atoms with van der Waals surface area (Å²) in [5.41, 5.74) is 2.91. The lowest BCUT2D eigenvalue weighted by molar-refractivity contribution is -0.131. The Morgan fingerprint density at radius 3 is 2.75 bits per heavy atom. The number of benzene rings is 1. The van der Waals surface area contributed by atoms with Crippen molar-refractivity contribution in [1.82, 2.24) is 4.98 Å². The largest absolute Gasteiger partial charge is 0.497 e. The SMILES string of the molecule is COc1ccnc(Cc2cc(C)ccc2OC(C)=O)c1. The number of rotatable bonds is 4. The Hall–Kier alpha value is -2.36. The summed E-state index contributed by atoms with van der Waals surface area (Å²) in [4.78, 5) is 15.5. The minimum absolute atomic E-state index is 0.325. The molecule has 2 aromatic rings. The van der Waals surface area contributed by atoms with E-state index >= 15 is 0 Å². The number of carbonyl (C=O) groups is 1. The predicted octanol–water partition coefficient (Wildman–Crippen LogP) is 2.91. The summed E-state index contributed by atoms with van der Waals surface area (Å²) >= 11 is 0. The average molecular weight is 271 g/mol. The van der Waals surface area contributed by atoms with Crippen molar-refractivity contribution >= 4 is 5.97 Å². The van der Waals surface area contributed by atoms with Crippen molar-refractivity contribution in [3.63, 3.8) is 0 Å². The van der Waals surface area contributed by atoms with Gasteiger partial charge in [0.2, 0.25) is 0 Å². The third-order valence-electron chi connectivity index (χ3n) is 2.86. The molecule has 4 heteroatoms. The van der Waals surface area contributed by atoms with Crippen LogP contribution >= 0.6 is 0 Å². The Bertz CT molecular complexity index is 623. The Labute approximate surface area is 118 Å². The second-order valence-corrected chi connectivity index (χ2v) is 4.57. The van der Waals surface area contributed by atoms with Gasteiger partial charge in [-0.05, 0) is 19.1 Å². The quantitative estimate of drug-likeness (QED) is 0.633. The van der Waals surface area contributed by atoms with Gasteiger partial charge in [0.1, 0.15) is 11.5 Å². The lowest BCUT2D eigenvalue weighted by atomic mass is 10.1. The molecule has 0 radical (unpaired) electrons. The number of nitrogens with zero attached hydrogens (tertiary/aromatic N) is 1. The van der Waals surface area contributed by atoms with Gasteiger partial charge in [-0.1, -0.05) is 17.7 Å². The number of methoxy groups -OCH3 is 1. The molecule has 0 saturated carbocycles. The molecule has 1 aromatic carbocycles. The van der Waals surface area contributed by atoms with Gasteiger partial charge < -0.3 is 9.47 Å². The second kappa shape index (κ2) is 6.19. The van der Waals surface area contributed by atoms with Crippen LogP contribution in [0, 0.1) is 6.92 Å². The first-order chi connectivity index (χ1) is 9.58. The van der Waals surface area contributed by atoms with Crippen LogP contribution in [-0.4, -0.2) is 18.1 Å². The molecule has 0 aliphatic heterocycles. The van der Waals surface area contributed by atoms with Gasteiger partial charge in [0.25, 0.3) is 0 Å². The van der Waals surface area contributed by atoms with E-state index in [1.807, 2.05) is 31.2 Å². The zero-order valence-electron chi connectivity index (χ0n) is 11.8. The first-order valence-electron chi connectivity index (χ1n) is 6.35. The lowest BCUT2D eigenvalue weighted by Crippen LogP contribution is -2.05. The van der Waals surface area contributed by atoms with Gasteiger partial charge in [0, 0.05) is 36.9 Å². The molecule has 0 unspecified atom stereocenters. The van der Waals surface area contributed by atoms with Crippen molar-refractivity contribution < 1.29 is 14.3 Å². The minimum Gasteiger partial charge on any atom is -0.497 e.